The first-order chi connectivity index (χ1) is 6.74. The van der Waals surface area contributed by atoms with Crippen molar-refractivity contribution >= 4 is 11.9 Å². The Bertz CT molecular complexity index is 218. The normalized spacial score (nSPS) is 21.5. The van der Waals surface area contributed by atoms with Gasteiger partial charge in [-0.15, -0.1) is 0 Å². The van der Waals surface area contributed by atoms with Gasteiger partial charge in [0.1, 0.15) is 0 Å². The number of piperazine rings is 1. The van der Waals surface area contributed by atoms with Gasteiger partial charge in [0.2, 0.25) is 5.91 Å². The van der Waals surface area contributed by atoms with E-state index in [0.29, 0.717) is 19.7 Å². The average molecular weight is 200 g/mol. The van der Waals surface area contributed by atoms with Crippen LogP contribution in [0.1, 0.15) is 19.8 Å². The fraction of sp³-hybridized carbons (Fsp3) is 0.778. The van der Waals surface area contributed by atoms with Crippen LogP contribution in [0.5, 0.6) is 0 Å². The molecule has 1 amide bonds. The fourth-order valence-electron chi connectivity index (χ4n) is 1.25. The zero-order chi connectivity index (χ0) is 10.4. The second-order valence-corrected chi connectivity index (χ2v) is 3.22. The highest BCUT2D eigenvalue weighted by Crippen LogP contribution is 1.98. The Balaban J connectivity index is 2.27. The molecular formula is C9H16N2O3. The van der Waals surface area contributed by atoms with E-state index < -0.39 is 6.04 Å². The van der Waals surface area contributed by atoms with Gasteiger partial charge in [0.25, 0.3) is 0 Å². The number of ether oxygens (including phenoxy) is 1. The van der Waals surface area contributed by atoms with Crippen LogP contribution in [-0.4, -0.2) is 37.6 Å². The van der Waals surface area contributed by atoms with E-state index >= 15 is 0 Å². The van der Waals surface area contributed by atoms with Crippen molar-refractivity contribution < 1.29 is 14.3 Å². The summed E-state index contributed by atoms with van der Waals surface area (Å²) >= 11 is 0. The molecule has 1 aliphatic heterocycles. The molecule has 1 fully saturated rings. The van der Waals surface area contributed by atoms with Crippen LogP contribution < -0.4 is 10.6 Å². The van der Waals surface area contributed by atoms with Crippen LogP contribution in [0.15, 0.2) is 0 Å². The van der Waals surface area contributed by atoms with Crippen molar-refractivity contribution in [3.8, 4) is 0 Å². The minimum absolute atomic E-state index is 0.117. The summed E-state index contributed by atoms with van der Waals surface area (Å²) < 4.78 is 4.88. The number of hydrogen-bond acceptors (Lipinski definition) is 4. The van der Waals surface area contributed by atoms with Crippen LogP contribution in [0.4, 0.5) is 0 Å². The molecule has 0 aliphatic carbocycles. The van der Waals surface area contributed by atoms with Gasteiger partial charge in [0.05, 0.1) is 19.1 Å². The second-order valence-electron chi connectivity index (χ2n) is 3.22. The molecular weight excluding hydrogens is 184 g/mol. The third-order valence-electron chi connectivity index (χ3n) is 1.97. The summed E-state index contributed by atoms with van der Waals surface area (Å²) in [6.45, 7) is 3.68. The Labute approximate surface area is 83.2 Å². The third kappa shape index (κ3) is 3.33. The smallest absolute Gasteiger partial charge is 0.307 e. The second kappa shape index (κ2) is 5.59. The number of rotatable bonds is 4. The highest BCUT2D eigenvalue weighted by atomic mass is 16.5. The van der Waals surface area contributed by atoms with Gasteiger partial charge < -0.3 is 15.4 Å². The Morgan fingerprint density at radius 1 is 1.57 bits per heavy atom. The van der Waals surface area contributed by atoms with E-state index in [1.807, 2.05) is 6.92 Å². The molecule has 5 nitrogen and oxygen atoms in total. The van der Waals surface area contributed by atoms with E-state index in [4.69, 9.17) is 4.74 Å². The highest BCUT2D eigenvalue weighted by molar-refractivity contribution is 5.87. The highest BCUT2D eigenvalue weighted by Gasteiger charge is 2.24. The van der Waals surface area contributed by atoms with Gasteiger partial charge in [-0.05, 0) is 6.42 Å². The monoisotopic (exact) mass is 200 g/mol. The Kier molecular flexibility index (Phi) is 4.39. The van der Waals surface area contributed by atoms with E-state index in [0.717, 1.165) is 6.42 Å². The molecule has 0 unspecified atom stereocenters. The minimum Gasteiger partial charge on any atom is -0.466 e. The third-order valence-corrected chi connectivity index (χ3v) is 1.97. The van der Waals surface area contributed by atoms with Crippen LogP contribution in [0.2, 0.25) is 0 Å². The maximum atomic E-state index is 11.2. The molecule has 14 heavy (non-hydrogen) atoms. The molecule has 0 aromatic carbocycles. The van der Waals surface area contributed by atoms with Crippen LogP contribution in [0.25, 0.3) is 0 Å². The van der Waals surface area contributed by atoms with E-state index in [2.05, 4.69) is 10.6 Å². The number of nitrogens with one attached hydrogen (secondary N) is 2. The van der Waals surface area contributed by atoms with E-state index in [-0.39, 0.29) is 18.3 Å². The maximum absolute atomic E-state index is 11.2. The van der Waals surface area contributed by atoms with E-state index in [1.54, 1.807) is 0 Å². The summed E-state index contributed by atoms with van der Waals surface area (Å²) in [5.41, 5.74) is 0. The average Bonchev–Trinajstić information content (AvgIpc) is 2.18. The summed E-state index contributed by atoms with van der Waals surface area (Å²) in [7, 11) is 0. The van der Waals surface area contributed by atoms with Crippen LogP contribution >= 0.6 is 0 Å². The van der Waals surface area contributed by atoms with Crippen molar-refractivity contribution in [3.05, 3.63) is 0 Å². The lowest BCUT2D eigenvalue weighted by Crippen LogP contribution is -2.53. The first kappa shape index (κ1) is 11.0. The first-order valence-electron chi connectivity index (χ1n) is 4.90. The topological polar surface area (TPSA) is 67.4 Å². The Morgan fingerprint density at radius 3 is 3.00 bits per heavy atom. The van der Waals surface area contributed by atoms with Crippen molar-refractivity contribution in [1.82, 2.24) is 10.6 Å². The van der Waals surface area contributed by atoms with Gasteiger partial charge in [-0.3, -0.25) is 9.59 Å². The first-order valence-corrected chi connectivity index (χ1v) is 4.90. The summed E-state index contributed by atoms with van der Waals surface area (Å²) in [4.78, 5) is 22.4. The molecule has 80 valence electrons. The van der Waals surface area contributed by atoms with Gasteiger partial charge in [0.15, 0.2) is 0 Å². The minimum atomic E-state index is -0.423. The molecule has 2 N–H and O–H groups in total. The lowest BCUT2D eigenvalue weighted by atomic mass is 10.1. The molecule has 1 atom stereocenters. The zero-order valence-electron chi connectivity index (χ0n) is 8.34. The summed E-state index contributed by atoms with van der Waals surface area (Å²) in [5.74, 6) is -0.439. The van der Waals surface area contributed by atoms with Crippen molar-refractivity contribution in [2.75, 3.05) is 19.7 Å². The molecule has 5 heteroatoms. The molecule has 0 saturated carbocycles. The number of hydrogen-bond donors (Lipinski definition) is 2. The molecule has 1 heterocycles. The maximum Gasteiger partial charge on any atom is 0.307 e. The van der Waals surface area contributed by atoms with Gasteiger partial charge in [-0.25, -0.2) is 0 Å². The van der Waals surface area contributed by atoms with Crippen LogP contribution in [-0.2, 0) is 14.3 Å². The summed E-state index contributed by atoms with van der Waals surface area (Å²) in [6, 6.07) is -0.423. The van der Waals surface area contributed by atoms with Crippen molar-refractivity contribution in [2.45, 2.75) is 25.8 Å². The van der Waals surface area contributed by atoms with Crippen LogP contribution in [0, 0.1) is 0 Å². The summed E-state index contributed by atoms with van der Waals surface area (Å²) in [6.07, 6.45) is 0.919. The molecule has 1 rings (SSSR count). The fourth-order valence-corrected chi connectivity index (χ4v) is 1.25. The molecule has 0 spiro atoms. The molecule has 0 aromatic rings. The molecule has 1 aliphatic rings. The van der Waals surface area contributed by atoms with E-state index in [9.17, 15) is 9.59 Å². The lowest BCUT2D eigenvalue weighted by molar-refractivity contribution is -0.146. The number of amides is 1. The van der Waals surface area contributed by atoms with Gasteiger partial charge >= 0.3 is 5.97 Å². The molecule has 0 bridgehead atoms. The lowest BCUT2D eigenvalue weighted by Gasteiger charge is -2.22. The standard InChI is InChI=1S/C9H16N2O3/c1-2-5-14-8(12)6-7-9(13)11-4-3-10-7/h7,10H,2-6H2,1H3,(H,11,13)/t7-/m1/s1. The predicted molar refractivity (Wildman–Crippen MR) is 50.7 cm³/mol. The van der Waals surface area contributed by atoms with E-state index in [1.165, 1.54) is 0 Å². The molecule has 1 saturated heterocycles. The Morgan fingerprint density at radius 2 is 2.36 bits per heavy atom. The molecule has 0 radical (unpaired) electrons. The quantitative estimate of drug-likeness (QED) is 0.596. The zero-order valence-corrected chi connectivity index (χ0v) is 8.34. The Hall–Kier alpha value is -1.10. The van der Waals surface area contributed by atoms with Gasteiger partial charge in [0, 0.05) is 13.1 Å². The van der Waals surface area contributed by atoms with Gasteiger partial charge in [-0.1, -0.05) is 6.92 Å². The van der Waals surface area contributed by atoms with Crippen molar-refractivity contribution in [1.29, 1.82) is 0 Å². The number of carbonyl (C=O) groups excluding carboxylic acids is 2. The van der Waals surface area contributed by atoms with Crippen molar-refractivity contribution in [3.63, 3.8) is 0 Å². The summed E-state index contributed by atoms with van der Waals surface area (Å²) in [5, 5.41) is 5.65. The predicted octanol–water partition coefficient (Wildman–Crippen LogP) is -0.582. The van der Waals surface area contributed by atoms with Gasteiger partial charge in [-0.2, -0.15) is 0 Å². The molecule has 0 aromatic heterocycles. The number of esters is 1. The number of carbonyl (C=O) groups is 2. The largest absolute Gasteiger partial charge is 0.466 e. The van der Waals surface area contributed by atoms with Crippen LogP contribution in [0.3, 0.4) is 0 Å². The van der Waals surface area contributed by atoms with Crippen molar-refractivity contribution in [2.24, 2.45) is 0 Å². The SMILES string of the molecule is CCCOC(=O)C[C@H]1NCCNC1=O.